The van der Waals surface area contributed by atoms with Gasteiger partial charge in [-0.05, 0) is 57.3 Å². The Hall–Kier alpha value is -1.55. The van der Waals surface area contributed by atoms with Crippen LogP contribution < -0.4 is 9.47 Å². The molecule has 1 aromatic carbocycles. The van der Waals surface area contributed by atoms with E-state index >= 15 is 0 Å². The molecule has 1 saturated carbocycles. The quantitative estimate of drug-likeness (QED) is 0.855. The van der Waals surface area contributed by atoms with Crippen LogP contribution >= 0.6 is 0 Å². The van der Waals surface area contributed by atoms with Gasteiger partial charge in [0.25, 0.3) is 0 Å². The summed E-state index contributed by atoms with van der Waals surface area (Å²) in [5.74, 6) is 2.65. The first-order valence-electron chi connectivity index (χ1n) is 9.15. The summed E-state index contributed by atoms with van der Waals surface area (Å²) in [5, 5.41) is 0. The lowest BCUT2D eigenvalue weighted by Gasteiger charge is -2.58. The molecule has 4 rings (SSSR count). The van der Waals surface area contributed by atoms with Crippen LogP contribution in [0.1, 0.15) is 43.7 Å². The van der Waals surface area contributed by atoms with Gasteiger partial charge in [-0.15, -0.1) is 0 Å². The first-order chi connectivity index (χ1) is 11.6. The fourth-order valence-electron chi connectivity index (χ4n) is 5.54. The fraction of sp³-hybridized carbons (Fsp3) is 0.650. The third kappa shape index (κ3) is 2.12. The number of nitrogens with zero attached hydrogens (tertiary/aromatic N) is 1. The van der Waals surface area contributed by atoms with Crippen molar-refractivity contribution in [3.63, 3.8) is 0 Å². The SMILES string of the molecule is CCOc1c(OC)ccc2c1[C@]13CCN(C)[C@@H](C2)[C@@H]1CCC(=O)C3. The van der Waals surface area contributed by atoms with Crippen molar-refractivity contribution in [2.24, 2.45) is 5.92 Å². The molecule has 1 heterocycles. The summed E-state index contributed by atoms with van der Waals surface area (Å²) >= 11 is 0. The van der Waals surface area contributed by atoms with Crippen LogP contribution in [0.3, 0.4) is 0 Å². The zero-order valence-corrected chi connectivity index (χ0v) is 14.9. The molecule has 0 unspecified atom stereocenters. The number of ketones is 1. The lowest BCUT2D eigenvalue weighted by molar-refractivity contribution is -0.127. The fourth-order valence-corrected chi connectivity index (χ4v) is 5.54. The van der Waals surface area contributed by atoms with E-state index in [1.807, 2.05) is 13.0 Å². The van der Waals surface area contributed by atoms with Crippen molar-refractivity contribution in [3.8, 4) is 11.5 Å². The number of likely N-dealkylation sites (N-methyl/N-ethyl adjacent to an activating group) is 1. The molecule has 2 aliphatic carbocycles. The van der Waals surface area contributed by atoms with Crippen LogP contribution in [0.15, 0.2) is 12.1 Å². The highest BCUT2D eigenvalue weighted by molar-refractivity contribution is 5.82. The standard InChI is InChI=1S/C20H27NO3/c1-4-24-19-17(23-3)8-5-13-11-16-15-7-6-14(22)12-20(15,18(13)19)9-10-21(16)2/h5,8,15-16H,4,6-7,9-12H2,1-3H3/t15-,16-,20-/m0/s1. The molecule has 4 nitrogen and oxygen atoms in total. The van der Waals surface area contributed by atoms with Gasteiger partial charge in [0, 0.05) is 29.9 Å². The Balaban J connectivity index is 1.95. The van der Waals surface area contributed by atoms with Gasteiger partial charge in [-0.25, -0.2) is 0 Å². The second-order valence-electron chi connectivity index (χ2n) is 7.58. The maximum absolute atomic E-state index is 12.4. The van der Waals surface area contributed by atoms with Crippen LogP contribution in [0.5, 0.6) is 11.5 Å². The zero-order chi connectivity index (χ0) is 16.9. The predicted molar refractivity (Wildman–Crippen MR) is 92.9 cm³/mol. The number of rotatable bonds is 3. The molecule has 0 N–H and O–H groups in total. The first-order valence-corrected chi connectivity index (χ1v) is 9.15. The van der Waals surface area contributed by atoms with Crippen LogP contribution in [0.2, 0.25) is 0 Å². The maximum atomic E-state index is 12.4. The summed E-state index contributed by atoms with van der Waals surface area (Å²) in [6, 6.07) is 4.77. The second-order valence-corrected chi connectivity index (χ2v) is 7.58. The first kappa shape index (κ1) is 15.9. The van der Waals surface area contributed by atoms with E-state index in [9.17, 15) is 4.79 Å². The van der Waals surface area contributed by atoms with Gasteiger partial charge in [0.05, 0.1) is 13.7 Å². The average molecular weight is 329 g/mol. The molecule has 24 heavy (non-hydrogen) atoms. The maximum Gasteiger partial charge on any atom is 0.165 e. The smallest absolute Gasteiger partial charge is 0.165 e. The van der Waals surface area contributed by atoms with E-state index in [4.69, 9.17) is 9.47 Å². The highest BCUT2D eigenvalue weighted by Crippen LogP contribution is 2.58. The van der Waals surface area contributed by atoms with Gasteiger partial charge >= 0.3 is 0 Å². The Morgan fingerprint density at radius 3 is 2.96 bits per heavy atom. The molecular formula is C20H27NO3. The van der Waals surface area contributed by atoms with Gasteiger partial charge in [-0.1, -0.05) is 6.07 Å². The molecule has 1 saturated heterocycles. The average Bonchev–Trinajstić information content (AvgIpc) is 2.58. The summed E-state index contributed by atoms with van der Waals surface area (Å²) in [7, 11) is 3.94. The molecule has 0 aromatic heterocycles. The summed E-state index contributed by atoms with van der Waals surface area (Å²) in [5.41, 5.74) is 2.58. The Morgan fingerprint density at radius 1 is 1.38 bits per heavy atom. The van der Waals surface area contributed by atoms with Crippen molar-refractivity contribution in [1.29, 1.82) is 0 Å². The van der Waals surface area contributed by atoms with Crippen molar-refractivity contribution in [2.75, 3.05) is 27.3 Å². The van der Waals surface area contributed by atoms with Crippen molar-refractivity contribution in [3.05, 3.63) is 23.3 Å². The Bertz CT molecular complexity index is 671. The minimum Gasteiger partial charge on any atom is -0.493 e. The number of methoxy groups -OCH3 is 1. The van der Waals surface area contributed by atoms with Crippen LogP contribution in [0.4, 0.5) is 0 Å². The van der Waals surface area contributed by atoms with E-state index in [0.717, 1.165) is 43.7 Å². The molecule has 0 spiro atoms. The molecule has 4 heteroatoms. The van der Waals surface area contributed by atoms with Crippen molar-refractivity contribution in [1.82, 2.24) is 4.90 Å². The summed E-state index contributed by atoms with van der Waals surface area (Å²) in [4.78, 5) is 14.9. The second kappa shape index (κ2) is 5.76. The van der Waals surface area contributed by atoms with Crippen LogP contribution in [-0.2, 0) is 16.6 Å². The molecule has 3 aliphatic rings. The zero-order valence-electron chi connectivity index (χ0n) is 14.9. The molecule has 130 valence electrons. The van der Waals surface area contributed by atoms with E-state index in [-0.39, 0.29) is 5.41 Å². The molecule has 2 fully saturated rings. The lowest BCUT2D eigenvalue weighted by atomic mass is 9.52. The van der Waals surface area contributed by atoms with Gasteiger partial charge in [-0.3, -0.25) is 4.79 Å². The molecule has 3 atom stereocenters. The summed E-state index contributed by atoms with van der Waals surface area (Å²) < 4.78 is 11.7. The number of piperidine rings is 1. The van der Waals surface area contributed by atoms with Gasteiger partial charge in [0.2, 0.25) is 0 Å². The van der Waals surface area contributed by atoms with Crippen LogP contribution in [-0.4, -0.2) is 44.0 Å². The highest BCUT2D eigenvalue weighted by atomic mass is 16.5. The van der Waals surface area contributed by atoms with Crippen molar-refractivity contribution >= 4 is 5.78 Å². The van der Waals surface area contributed by atoms with Crippen LogP contribution in [0.25, 0.3) is 0 Å². The number of carbonyl (C=O) groups excluding carboxylic acids is 1. The number of ether oxygens (including phenoxy) is 2. The molecule has 0 radical (unpaired) electrons. The number of carbonyl (C=O) groups is 1. The number of fused-ring (bicyclic) bond motifs is 1. The Labute approximate surface area is 144 Å². The van der Waals surface area contributed by atoms with Gasteiger partial charge in [0.1, 0.15) is 5.78 Å². The van der Waals surface area contributed by atoms with E-state index in [1.54, 1.807) is 7.11 Å². The third-order valence-corrected chi connectivity index (χ3v) is 6.54. The van der Waals surface area contributed by atoms with E-state index in [2.05, 4.69) is 18.0 Å². The number of Topliss-reactive ketones (excluding diaryl/α,β-unsaturated/α-hetero) is 1. The normalized spacial score (nSPS) is 32.0. The number of hydrogen-bond acceptors (Lipinski definition) is 4. The third-order valence-electron chi connectivity index (χ3n) is 6.54. The van der Waals surface area contributed by atoms with Gasteiger partial charge in [0.15, 0.2) is 11.5 Å². The Morgan fingerprint density at radius 2 is 2.21 bits per heavy atom. The topological polar surface area (TPSA) is 38.8 Å². The minimum absolute atomic E-state index is 0.0564. The molecule has 1 aromatic rings. The lowest BCUT2D eigenvalue weighted by Crippen LogP contribution is -2.61. The largest absolute Gasteiger partial charge is 0.493 e. The van der Waals surface area contributed by atoms with Crippen molar-refractivity contribution < 1.29 is 14.3 Å². The molecule has 0 amide bonds. The van der Waals surface area contributed by atoms with Gasteiger partial charge in [-0.2, -0.15) is 0 Å². The van der Waals surface area contributed by atoms with E-state index in [1.165, 1.54) is 11.1 Å². The van der Waals surface area contributed by atoms with E-state index in [0.29, 0.717) is 30.8 Å². The molecule has 1 aliphatic heterocycles. The number of hydrogen-bond donors (Lipinski definition) is 0. The van der Waals surface area contributed by atoms with E-state index < -0.39 is 0 Å². The number of benzene rings is 1. The number of likely N-dealkylation sites (tertiary alicyclic amines) is 1. The monoisotopic (exact) mass is 329 g/mol. The summed E-state index contributed by atoms with van der Waals surface area (Å²) in [6.45, 7) is 3.68. The van der Waals surface area contributed by atoms with Crippen molar-refractivity contribution in [2.45, 2.75) is 50.5 Å². The molecular weight excluding hydrogens is 302 g/mol. The summed E-state index contributed by atoms with van der Waals surface area (Å²) in [6.07, 6.45) is 4.51. The predicted octanol–water partition coefficient (Wildman–Crippen LogP) is 2.96. The molecule has 2 bridgehead atoms. The van der Waals surface area contributed by atoms with Gasteiger partial charge < -0.3 is 14.4 Å². The minimum atomic E-state index is -0.0564. The van der Waals surface area contributed by atoms with Crippen LogP contribution in [0, 0.1) is 5.92 Å². The highest BCUT2D eigenvalue weighted by Gasteiger charge is 2.56. The Kier molecular flexibility index (Phi) is 3.83.